The lowest BCUT2D eigenvalue weighted by Crippen LogP contribution is -2.11. The Labute approximate surface area is 191 Å². The van der Waals surface area contributed by atoms with Crippen LogP contribution in [0.2, 0.25) is 0 Å². The van der Waals surface area contributed by atoms with Gasteiger partial charge in [-0.1, -0.05) is 31.4 Å². The number of thiophene rings is 1. The second-order valence-electron chi connectivity index (χ2n) is 7.39. The summed E-state index contributed by atoms with van der Waals surface area (Å²) in [7, 11) is 0. The molecule has 2 heterocycles. The summed E-state index contributed by atoms with van der Waals surface area (Å²) in [6.07, 6.45) is 3.67. The van der Waals surface area contributed by atoms with Gasteiger partial charge in [0.15, 0.2) is 0 Å². The molecule has 0 atom stereocenters. The van der Waals surface area contributed by atoms with Crippen molar-refractivity contribution in [1.29, 1.82) is 0 Å². The van der Waals surface area contributed by atoms with E-state index in [1.54, 1.807) is 12.1 Å². The Morgan fingerprint density at radius 3 is 2.42 bits per heavy atom. The molecule has 4 rings (SSSR count). The third-order valence-electron chi connectivity index (χ3n) is 5.13. The number of aromatic nitrogens is 2. The minimum absolute atomic E-state index is 0.0196. The van der Waals surface area contributed by atoms with Crippen LogP contribution in [0.4, 0.5) is 21.3 Å². The van der Waals surface area contributed by atoms with Gasteiger partial charge in [0.1, 0.15) is 16.5 Å². The third-order valence-corrected chi connectivity index (χ3v) is 6.11. The van der Waals surface area contributed by atoms with E-state index in [0.717, 1.165) is 48.4 Å². The average Bonchev–Trinajstić information content (AvgIpc) is 3.23. The van der Waals surface area contributed by atoms with Gasteiger partial charge in [-0.15, -0.1) is 0 Å². The van der Waals surface area contributed by atoms with Crippen LogP contribution in [0.15, 0.2) is 30.3 Å². The maximum absolute atomic E-state index is 11.2. The number of carbonyl (C=O) groups is 1. The molecule has 174 valence electrons. The van der Waals surface area contributed by atoms with Crippen molar-refractivity contribution in [3.05, 3.63) is 61.9 Å². The second kappa shape index (κ2) is 10.6. The molecule has 1 aromatic carbocycles. The summed E-state index contributed by atoms with van der Waals surface area (Å²) < 4.78 is 0. The van der Waals surface area contributed by atoms with Crippen molar-refractivity contribution in [2.75, 3.05) is 5.32 Å². The van der Waals surface area contributed by atoms with Crippen LogP contribution in [0.25, 0.3) is 10.2 Å². The van der Waals surface area contributed by atoms with Crippen LogP contribution >= 0.6 is 11.3 Å². The summed E-state index contributed by atoms with van der Waals surface area (Å²) in [4.78, 5) is 39.8. The Morgan fingerprint density at radius 1 is 1.09 bits per heavy atom. The van der Waals surface area contributed by atoms with Crippen LogP contribution in [0.3, 0.4) is 0 Å². The molecule has 12 nitrogen and oxygen atoms in total. The topological polar surface area (TPSA) is 182 Å². The van der Waals surface area contributed by atoms with Gasteiger partial charge in [-0.05, 0) is 29.7 Å². The summed E-state index contributed by atoms with van der Waals surface area (Å²) in [5, 5.41) is 40.0. The molecule has 3 N–H and O–H groups in total. The van der Waals surface area contributed by atoms with Gasteiger partial charge in [0.25, 0.3) is 5.69 Å². The van der Waals surface area contributed by atoms with E-state index in [2.05, 4.69) is 10.3 Å². The fourth-order valence-corrected chi connectivity index (χ4v) is 4.51. The van der Waals surface area contributed by atoms with E-state index in [1.807, 2.05) is 0 Å². The number of hydrogen-bond donors (Lipinski definition) is 3. The first-order valence-electron chi connectivity index (χ1n) is 10.1. The fraction of sp³-hybridized carbons (Fsp3) is 0.350. The number of fused-ring (bicyclic) bond motifs is 1. The van der Waals surface area contributed by atoms with Crippen molar-refractivity contribution < 1.29 is 24.9 Å². The number of carboxylic acid groups (broad SMARTS) is 2. The second-order valence-corrected chi connectivity index (χ2v) is 8.40. The van der Waals surface area contributed by atoms with E-state index in [1.165, 1.54) is 24.6 Å². The highest BCUT2D eigenvalue weighted by molar-refractivity contribution is 7.21. The fourth-order valence-electron chi connectivity index (χ4n) is 3.66. The molecule has 3 aromatic rings. The Morgan fingerprint density at radius 2 is 1.79 bits per heavy atom. The standard InChI is InChI=1S/C19H19N5O4S.CH2O3/c25-23(26)14-8-4-5-12(9-14)11-20-18-15-10-16(24(27)28)29-19(15)22-17(21-18)13-6-2-1-3-7-13;2-1(3)4/h4-5,8-10,13H,1-3,6-7,11H2,(H,20,21,22);(H2,2,3,4). The van der Waals surface area contributed by atoms with Crippen LogP contribution in [0.1, 0.15) is 49.4 Å². The van der Waals surface area contributed by atoms with Crippen LogP contribution in [-0.2, 0) is 6.54 Å². The molecule has 1 fully saturated rings. The summed E-state index contributed by atoms with van der Waals surface area (Å²) in [6.45, 7) is 0.321. The zero-order valence-electron chi connectivity index (χ0n) is 17.3. The van der Waals surface area contributed by atoms with E-state index < -0.39 is 16.0 Å². The number of nitro groups is 2. The van der Waals surface area contributed by atoms with Crippen LogP contribution < -0.4 is 5.32 Å². The Hall–Kier alpha value is -3.87. The largest absolute Gasteiger partial charge is 0.503 e. The van der Waals surface area contributed by atoms with Gasteiger partial charge in [0.05, 0.1) is 15.2 Å². The molecule has 0 saturated heterocycles. The molecule has 0 bridgehead atoms. The first kappa shape index (κ1) is 23.8. The van der Waals surface area contributed by atoms with Crippen LogP contribution in [0, 0.1) is 20.2 Å². The Balaban J connectivity index is 0.000000709. The maximum Gasteiger partial charge on any atom is 0.503 e. The minimum Gasteiger partial charge on any atom is -0.450 e. The predicted octanol–water partition coefficient (Wildman–Crippen LogP) is 5.39. The van der Waals surface area contributed by atoms with Gasteiger partial charge in [-0.3, -0.25) is 20.2 Å². The summed E-state index contributed by atoms with van der Waals surface area (Å²) in [5.41, 5.74) is 0.751. The molecular weight excluding hydrogens is 454 g/mol. The SMILES string of the molecule is O=C(O)O.O=[N+]([O-])c1cccc(CNc2nc(C3CCCCC3)nc3sc([N+](=O)[O-])cc23)c1. The quantitative estimate of drug-likeness (QED) is 0.308. The highest BCUT2D eigenvalue weighted by atomic mass is 32.1. The van der Waals surface area contributed by atoms with E-state index in [-0.39, 0.29) is 16.6 Å². The first-order valence-corrected chi connectivity index (χ1v) is 10.9. The summed E-state index contributed by atoms with van der Waals surface area (Å²) in [5.74, 6) is 1.51. The molecular formula is C20H21N5O7S. The Kier molecular flexibility index (Phi) is 7.66. The molecule has 2 aromatic heterocycles. The summed E-state index contributed by atoms with van der Waals surface area (Å²) in [6, 6.07) is 7.85. The van der Waals surface area contributed by atoms with Crippen molar-refractivity contribution in [1.82, 2.24) is 9.97 Å². The molecule has 0 unspecified atom stereocenters. The summed E-state index contributed by atoms with van der Waals surface area (Å²) >= 11 is 1.05. The maximum atomic E-state index is 11.2. The number of rotatable bonds is 6. The molecule has 1 saturated carbocycles. The van der Waals surface area contributed by atoms with Crippen molar-refractivity contribution in [2.45, 2.75) is 44.6 Å². The third kappa shape index (κ3) is 6.32. The molecule has 1 aliphatic carbocycles. The van der Waals surface area contributed by atoms with Crippen molar-refractivity contribution in [3.8, 4) is 0 Å². The van der Waals surface area contributed by atoms with Gasteiger partial charge in [0, 0.05) is 30.7 Å². The molecule has 33 heavy (non-hydrogen) atoms. The van der Waals surface area contributed by atoms with Gasteiger partial charge < -0.3 is 15.5 Å². The number of nitrogens with one attached hydrogen (secondary N) is 1. The number of nitrogens with zero attached hydrogens (tertiary/aromatic N) is 4. The van der Waals surface area contributed by atoms with Gasteiger partial charge in [0.2, 0.25) is 0 Å². The first-order chi connectivity index (χ1) is 15.7. The van der Waals surface area contributed by atoms with Crippen molar-refractivity contribution in [3.63, 3.8) is 0 Å². The van der Waals surface area contributed by atoms with Crippen LogP contribution in [0.5, 0.6) is 0 Å². The van der Waals surface area contributed by atoms with E-state index >= 15 is 0 Å². The number of hydrogen-bond acceptors (Lipinski definition) is 9. The number of benzene rings is 1. The highest BCUT2D eigenvalue weighted by Gasteiger charge is 2.23. The Bertz CT molecular complexity index is 1170. The zero-order chi connectivity index (χ0) is 24.0. The van der Waals surface area contributed by atoms with E-state index in [4.69, 9.17) is 20.0 Å². The molecule has 13 heteroatoms. The van der Waals surface area contributed by atoms with Crippen molar-refractivity contribution >= 4 is 44.2 Å². The lowest BCUT2D eigenvalue weighted by atomic mass is 9.89. The predicted molar refractivity (Wildman–Crippen MR) is 121 cm³/mol. The van der Waals surface area contributed by atoms with Gasteiger partial charge in [-0.25, -0.2) is 14.8 Å². The van der Waals surface area contributed by atoms with Gasteiger partial charge >= 0.3 is 11.2 Å². The lowest BCUT2D eigenvalue weighted by Gasteiger charge is -2.20. The van der Waals surface area contributed by atoms with Crippen molar-refractivity contribution in [2.24, 2.45) is 0 Å². The number of anilines is 1. The molecule has 0 spiro atoms. The van der Waals surface area contributed by atoms with Gasteiger partial charge in [-0.2, -0.15) is 0 Å². The normalized spacial score (nSPS) is 13.7. The monoisotopic (exact) mass is 475 g/mol. The molecule has 0 aliphatic heterocycles. The zero-order valence-corrected chi connectivity index (χ0v) is 18.2. The minimum atomic E-state index is -1.83. The smallest absolute Gasteiger partial charge is 0.450 e. The number of nitro benzene ring substituents is 1. The average molecular weight is 475 g/mol. The molecule has 0 radical (unpaired) electrons. The molecule has 1 aliphatic rings. The lowest BCUT2D eigenvalue weighted by molar-refractivity contribution is -0.384. The van der Waals surface area contributed by atoms with E-state index in [9.17, 15) is 20.2 Å². The molecule has 0 amide bonds. The van der Waals surface area contributed by atoms with E-state index in [0.29, 0.717) is 22.6 Å². The highest BCUT2D eigenvalue weighted by Crippen LogP contribution is 2.37. The number of non-ortho nitro benzene ring substituents is 1. The van der Waals surface area contributed by atoms with Crippen LogP contribution in [-0.4, -0.2) is 36.2 Å².